The predicted molar refractivity (Wildman–Crippen MR) is 177 cm³/mol. The highest BCUT2D eigenvalue weighted by Crippen LogP contribution is 2.42. The van der Waals surface area contributed by atoms with E-state index in [9.17, 15) is 14.7 Å². The Kier molecular flexibility index (Phi) is 11.4. The third-order valence-corrected chi connectivity index (χ3v) is 8.65. The van der Waals surface area contributed by atoms with Crippen molar-refractivity contribution in [1.29, 1.82) is 0 Å². The molecular formula is C36H48N4O4. The number of nitrogens with one attached hydrogen (secondary N) is 1. The van der Waals surface area contributed by atoms with Crippen LogP contribution in [0, 0.1) is 0 Å². The summed E-state index contributed by atoms with van der Waals surface area (Å²) in [7, 11) is 5.56. The maximum Gasteiger partial charge on any atom is 0.240 e. The number of likely N-dealkylation sites (N-methyl/N-ethyl adjacent to an activating group) is 2. The average Bonchev–Trinajstić information content (AvgIpc) is 3.19. The SMILES string of the molecule is CC.COc1cc(C2c3[nH]c4ccccc4c3C[C@H](C(=O)N(CC=O)C(C)CN(C)CC3=CCCCC=C3)N2C)ccc1O. The summed E-state index contributed by atoms with van der Waals surface area (Å²) in [5.74, 6) is 0.380. The number of benzene rings is 2. The van der Waals surface area contributed by atoms with Gasteiger partial charge < -0.3 is 29.4 Å². The number of nitrogens with zero attached hydrogens (tertiary/aromatic N) is 3. The summed E-state index contributed by atoms with van der Waals surface area (Å²) in [5, 5.41) is 11.4. The van der Waals surface area contributed by atoms with Gasteiger partial charge in [0.2, 0.25) is 5.91 Å². The van der Waals surface area contributed by atoms with Crippen LogP contribution < -0.4 is 4.74 Å². The lowest BCUT2D eigenvalue weighted by molar-refractivity contribution is -0.141. The Morgan fingerprint density at radius 2 is 1.98 bits per heavy atom. The number of amides is 1. The Morgan fingerprint density at radius 3 is 2.73 bits per heavy atom. The van der Waals surface area contributed by atoms with E-state index in [2.05, 4.69) is 52.2 Å². The van der Waals surface area contributed by atoms with Crippen LogP contribution in [0.5, 0.6) is 11.5 Å². The maximum atomic E-state index is 14.4. The van der Waals surface area contributed by atoms with Crippen LogP contribution in [0.25, 0.3) is 10.9 Å². The standard InChI is InChI=1S/C34H42N4O4.C2H6/c1-23(21-36(2)22-24-11-7-5-6-8-12-24)38(17-18-39)34(41)29-20-27-26-13-9-10-14-28(26)35-32(27)33(37(29)3)25-15-16-30(40)31(19-25)42-4;1-2/h7,9-16,18-19,23,29,33,35,40H,5-6,8,17,20-22H2,1-4H3;1-2H3/t23?,29-,33?;/m1./s1. The monoisotopic (exact) mass is 600 g/mol. The molecule has 0 fully saturated rings. The molecule has 0 saturated heterocycles. The highest BCUT2D eigenvalue weighted by atomic mass is 16.5. The fourth-order valence-electron chi connectivity index (χ4n) is 6.55. The van der Waals surface area contributed by atoms with Gasteiger partial charge in [0.05, 0.1) is 25.7 Å². The number of allylic oxidation sites excluding steroid dienone is 2. The first-order valence-electron chi connectivity index (χ1n) is 15.8. The minimum Gasteiger partial charge on any atom is -0.504 e. The number of aromatic hydroxyl groups is 1. The molecule has 0 spiro atoms. The number of phenolic OH excluding ortho intramolecular Hbond substituents is 1. The highest BCUT2D eigenvalue weighted by molar-refractivity contribution is 5.89. The number of carbonyl (C=O) groups excluding carboxylic acids is 2. The van der Waals surface area contributed by atoms with Crippen molar-refractivity contribution in [2.45, 2.75) is 64.6 Å². The van der Waals surface area contributed by atoms with Crippen molar-refractivity contribution in [2.24, 2.45) is 0 Å². The Labute approximate surface area is 262 Å². The molecule has 0 bridgehead atoms. The van der Waals surface area contributed by atoms with Crippen molar-refractivity contribution in [3.05, 3.63) is 83.1 Å². The van der Waals surface area contributed by atoms with Gasteiger partial charge in [-0.2, -0.15) is 0 Å². The number of aromatic nitrogens is 1. The first-order chi connectivity index (χ1) is 21.3. The summed E-state index contributed by atoms with van der Waals surface area (Å²) in [6.07, 6.45) is 11.4. The van der Waals surface area contributed by atoms with E-state index in [1.54, 1.807) is 11.0 Å². The van der Waals surface area contributed by atoms with Gasteiger partial charge in [-0.05, 0) is 81.6 Å². The van der Waals surface area contributed by atoms with Crippen LogP contribution in [0.1, 0.15) is 62.9 Å². The molecule has 2 unspecified atom stereocenters. The van der Waals surface area contributed by atoms with Crippen molar-refractivity contribution in [3.63, 3.8) is 0 Å². The second-order valence-electron chi connectivity index (χ2n) is 11.6. The van der Waals surface area contributed by atoms with E-state index in [1.807, 2.05) is 52.1 Å². The molecule has 0 radical (unpaired) electrons. The number of H-pyrrole nitrogens is 1. The minimum atomic E-state index is -0.485. The van der Waals surface area contributed by atoms with Gasteiger partial charge in [-0.1, -0.05) is 56.3 Å². The van der Waals surface area contributed by atoms with E-state index in [-0.39, 0.29) is 30.3 Å². The van der Waals surface area contributed by atoms with Gasteiger partial charge in [-0.25, -0.2) is 0 Å². The number of para-hydroxylation sites is 1. The quantitative estimate of drug-likeness (QED) is 0.283. The van der Waals surface area contributed by atoms with E-state index in [1.165, 1.54) is 19.1 Å². The smallest absolute Gasteiger partial charge is 0.240 e. The Balaban J connectivity index is 0.00000216. The number of hydrogen-bond donors (Lipinski definition) is 2. The summed E-state index contributed by atoms with van der Waals surface area (Å²) in [5.41, 5.74) is 5.33. The Hall–Kier alpha value is -3.88. The largest absolute Gasteiger partial charge is 0.504 e. The number of aromatic amines is 1. The van der Waals surface area contributed by atoms with Gasteiger partial charge in [0.1, 0.15) is 6.29 Å². The maximum absolute atomic E-state index is 14.4. The third-order valence-electron chi connectivity index (χ3n) is 8.65. The zero-order chi connectivity index (χ0) is 31.8. The van der Waals surface area contributed by atoms with Gasteiger partial charge in [0, 0.05) is 35.7 Å². The van der Waals surface area contributed by atoms with Crippen molar-refractivity contribution in [3.8, 4) is 11.5 Å². The number of phenols is 1. The van der Waals surface area contributed by atoms with Crippen molar-refractivity contribution in [1.82, 2.24) is 19.7 Å². The summed E-state index contributed by atoms with van der Waals surface area (Å²) < 4.78 is 5.43. The van der Waals surface area contributed by atoms with Gasteiger partial charge in [0.25, 0.3) is 0 Å². The van der Waals surface area contributed by atoms with E-state index in [4.69, 9.17) is 4.74 Å². The van der Waals surface area contributed by atoms with E-state index in [0.29, 0.717) is 18.7 Å². The van der Waals surface area contributed by atoms with Crippen molar-refractivity contribution in [2.75, 3.05) is 40.8 Å². The first-order valence-corrected chi connectivity index (χ1v) is 15.8. The highest BCUT2D eigenvalue weighted by Gasteiger charge is 2.41. The summed E-state index contributed by atoms with van der Waals surface area (Å²) in [6, 6.07) is 12.6. The number of rotatable bonds is 10. The molecule has 0 saturated carbocycles. The van der Waals surface area contributed by atoms with Crippen LogP contribution in [0.3, 0.4) is 0 Å². The molecule has 5 rings (SSSR count). The molecule has 8 heteroatoms. The van der Waals surface area contributed by atoms with E-state index >= 15 is 0 Å². The van der Waals surface area contributed by atoms with Crippen molar-refractivity contribution < 1.29 is 19.4 Å². The molecule has 1 aliphatic carbocycles. The number of carbonyl (C=O) groups is 2. The predicted octanol–water partition coefficient (Wildman–Crippen LogP) is 5.87. The fraction of sp³-hybridized carbons (Fsp3) is 0.444. The van der Waals surface area contributed by atoms with E-state index in [0.717, 1.165) is 53.4 Å². The van der Waals surface area contributed by atoms with Gasteiger partial charge in [0.15, 0.2) is 11.5 Å². The second-order valence-corrected chi connectivity index (χ2v) is 11.6. The number of methoxy groups -OCH3 is 1. The van der Waals surface area contributed by atoms with Crippen LogP contribution >= 0.6 is 0 Å². The molecule has 44 heavy (non-hydrogen) atoms. The average molecular weight is 601 g/mol. The number of hydrogen-bond acceptors (Lipinski definition) is 6. The lowest BCUT2D eigenvalue weighted by atomic mass is 9.87. The van der Waals surface area contributed by atoms with Gasteiger partial charge >= 0.3 is 0 Å². The molecule has 1 aromatic heterocycles. The molecule has 3 atom stereocenters. The molecule has 236 valence electrons. The molecular weight excluding hydrogens is 552 g/mol. The molecule has 2 N–H and O–H groups in total. The molecule has 8 nitrogen and oxygen atoms in total. The van der Waals surface area contributed by atoms with Crippen LogP contribution in [0.4, 0.5) is 0 Å². The number of aldehydes is 1. The Bertz CT molecular complexity index is 1490. The lowest BCUT2D eigenvalue weighted by Crippen LogP contribution is -2.56. The topological polar surface area (TPSA) is 89.1 Å². The first kappa shape index (κ1) is 33.0. The molecule has 1 amide bonds. The lowest BCUT2D eigenvalue weighted by Gasteiger charge is -2.42. The molecule has 2 aromatic carbocycles. The van der Waals surface area contributed by atoms with Crippen LogP contribution in [-0.2, 0) is 16.0 Å². The number of ether oxygens (including phenoxy) is 1. The van der Waals surface area contributed by atoms with Crippen LogP contribution in [0.2, 0.25) is 0 Å². The molecule has 1 aliphatic heterocycles. The molecule has 2 heterocycles. The zero-order valence-corrected chi connectivity index (χ0v) is 27.0. The summed E-state index contributed by atoms with van der Waals surface area (Å²) >= 11 is 0. The molecule has 3 aromatic rings. The third kappa shape index (κ3) is 7.08. The normalized spacial score (nSPS) is 18.9. The number of fused-ring (bicyclic) bond motifs is 3. The summed E-state index contributed by atoms with van der Waals surface area (Å²) in [6.45, 7) is 7.52. The summed E-state index contributed by atoms with van der Waals surface area (Å²) in [4.78, 5) is 35.9. The zero-order valence-electron chi connectivity index (χ0n) is 27.0. The minimum absolute atomic E-state index is 0.0409. The second kappa shape index (κ2) is 15.2. The molecule has 2 aliphatic rings. The fourth-order valence-corrected chi connectivity index (χ4v) is 6.55. The van der Waals surface area contributed by atoms with Crippen LogP contribution in [-0.4, -0.2) is 89.9 Å². The Morgan fingerprint density at radius 1 is 1.20 bits per heavy atom. The van der Waals surface area contributed by atoms with Crippen molar-refractivity contribution >= 4 is 23.1 Å². The van der Waals surface area contributed by atoms with Gasteiger partial charge in [-0.3, -0.25) is 9.69 Å². The van der Waals surface area contributed by atoms with Crippen LogP contribution in [0.15, 0.2) is 66.3 Å². The van der Waals surface area contributed by atoms with E-state index < -0.39 is 6.04 Å². The van der Waals surface area contributed by atoms with Gasteiger partial charge in [-0.15, -0.1) is 0 Å².